The lowest BCUT2D eigenvalue weighted by atomic mass is 10.2. The van der Waals surface area contributed by atoms with Gasteiger partial charge in [0.2, 0.25) is 0 Å². The summed E-state index contributed by atoms with van der Waals surface area (Å²) >= 11 is 5.85. The Kier molecular flexibility index (Phi) is 4.95. The van der Waals surface area contributed by atoms with Crippen molar-refractivity contribution < 1.29 is 9.53 Å². The van der Waals surface area contributed by atoms with Crippen LogP contribution >= 0.6 is 11.6 Å². The van der Waals surface area contributed by atoms with E-state index >= 15 is 0 Å². The number of aromatic nitrogens is 3. The van der Waals surface area contributed by atoms with Crippen molar-refractivity contribution in [1.29, 1.82) is 0 Å². The number of hydrogen-bond acceptors (Lipinski definition) is 4. The molecular weight excluding hydrogens is 376 g/mol. The average Bonchev–Trinajstić information content (AvgIpc) is 3.07. The quantitative estimate of drug-likeness (QED) is 0.546. The summed E-state index contributed by atoms with van der Waals surface area (Å²) in [4.78, 5) is 17.0. The van der Waals surface area contributed by atoms with Crippen LogP contribution in [0.15, 0.2) is 66.7 Å². The van der Waals surface area contributed by atoms with Gasteiger partial charge in [-0.2, -0.15) is 9.78 Å². The average molecular weight is 393 g/mol. The Morgan fingerprint density at radius 3 is 2.71 bits per heavy atom. The molecule has 0 saturated carbocycles. The van der Waals surface area contributed by atoms with Gasteiger partial charge in [0.15, 0.2) is 12.4 Å². The number of fused-ring (bicyclic) bond motifs is 1. The first-order valence-corrected chi connectivity index (χ1v) is 9.07. The van der Waals surface area contributed by atoms with Crippen LogP contribution in [0.1, 0.15) is 5.69 Å². The van der Waals surface area contributed by atoms with Gasteiger partial charge in [-0.05, 0) is 49.4 Å². The molecule has 140 valence electrons. The molecule has 0 unspecified atom stereocenters. The third kappa shape index (κ3) is 3.97. The molecule has 2 aromatic carbocycles. The van der Waals surface area contributed by atoms with Crippen molar-refractivity contribution in [3.63, 3.8) is 0 Å². The van der Waals surface area contributed by atoms with Crippen LogP contribution in [-0.2, 0) is 4.79 Å². The molecule has 28 heavy (non-hydrogen) atoms. The lowest BCUT2D eigenvalue weighted by Gasteiger charge is -2.10. The van der Waals surface area contributed by atoms with Crippen LogP contribution < -0.4 is 10.1 Å². The number of pyridine rings is 1. The lowest BCUT2D eigenvalue weighted by molar-refractivity contribution is -0.118. The maximum absolute atomic E-state index is 12.3. The third-order valence-electron chi connectivity index (χ3n) is 4.08. The van der Waals surface area contributed by atoms with Gasteiger partial charge >= 0.3 is 0 Å². The van der Waals surface area contributed by atoms with Gasteiger partial charge in [-0.1, -0.05) is 29.8 Å². The summed E-state index contributed by atoms with van der Waals surface area (Å²) in [6.07, 6.45) is 0. The Balaban J connectivity index is 1.52. The number of amides is 1. The second kappa shape index (κ2) is 7.70. The van der Waals surface area contributed by atoms with Crippen molar-refractivity contribution in [2.24, 2.45) is 0 Å². The second-order valence-electron chi connectivity index (χ2n) is 6.24. The fourth-order valence-corrected chi connectivity index (χ4v) is 2.92. The van der Waals surface area contributed by atoms with E-state index in [2.05, 4.69) is 15.4 Å². The van der Waals surface area contributed by atoms with Crippen molar-refractivity contribution in [2.75, 3.05) is 11.9 Å². The molecule has 1 N–H and O–H groups in total. The van der Waals surface area contributed by atoms with Crippen LogP contribution in [0.25, 0.3) is 16.7 Å². The molecule has 2 heterocycles. The van der Waals surface area contributed by atoms with Crippen LogP contribution in [0.3, 0.4) is 0 Å². The van der Waals surface area contributed by atoms with E-state index in [1.165, 1.54) is 0 Å². The van der Waals surface area contributed by atoms with Gasteiger partial charge in [0.05, 0.1) is 11.2 Å². The van der Waals surface area contributed by atoms with Crippen molar-refractivity contribution in [3.8, 4) is 11.6 Å². The van der Waals surface area contributed by atoms with Crippen LogP contribution in [0, 0.1) is 6.92 Å². The van der Waals surface area contributed by atoms with Gasteiger partial charge in [-0.15, -0.1) is 0 Å². The number of halogens is 1. The largest absolute Gasteiger partial charge is 0.484 e. The highest BCUT2D eigenvalue weighted by molar-refractivity contribution is 6.30. The summed E-state index contributed by atoms with van der Waals surface area (Å²) in [5.74, 6) is 1.43. The van der Waals surface area contributed by atoms with Crippen LogP contribution in [0.2, 0.25) is 5.02 Å². The monoisotopic (exact) mass is 392 g/mol. The zero-order valence-corrected chi connectivity index (χ0v) is 15.8. The van der Waals surface area contributed by atoms with E-state index in [-0.39, 0.29) is 12.5 Å². The smallest absolute Gasteiger partial charge is 0.263 e. The molecule has 0 atom stereocenters. The van der Waals surface area contributed by atoms with Crippen molar-refractivity contribution in [1.82, 2.24) is 14.8 Å². The van der Waals surface area contributed by atoms with Gasteiger partial charge in [0, 0.05) is 16.5 Å². The van der Waals surface area contributed by atoms with E-state index in [1.807, 2.05) is 43.3 Å². The summed E-state index contributed by atoms with van der Waals surface area (Å²) in [5, 5.41) is 8.93. The lowest BCUT2D eigenvalue weighted by Crippen LogP contribution is -2.22. The Morgan fingerprint density at radius 1 is 1.11 bits per heavy atom. The molecule has 0 saturated heterocycles. The second-order valence-corrected chi connectivity index (χ2v) is 6.67. The molecule has 0 spiro atoms. The number of rotatable bonds is 5. The summed E-state index contributed by atoms with van der Waals surface area (Å²) < 4.78 is 7.10. The first-order chi connectivity index (χ1) is 13.6. The molecule has 1 amide bonds. The maximum atomic E-state index is 12.3. The van der Waals surface area contributed by atoms with Gasteiger partial charge < -0.3 is 10.1 Å². The minimum absolute atomic E-state index is 0.128. The number of carbonyl (C=O) groups is 1. The molecule has 7 heteroatoms. The van der Waals surface area contributed by atoms with Gasteiger partial charge in [-0.25, -0.2) is 4.98 Å². The van der Waals surface area contributed by atoms with Crippen LogP contribution in [0.4, 0.5) is 5.82 Å². The number of benzene rings is 2. The third-order valence-corrected chi connectivity index (χ3v) is 4.34. The summed E-state index contributed by atoms with van der Waals surface area (Å²) in [6.45, 7) is 1.73. The Hall–Kier alpha value is -3.38. The Labute approximate surface area is 166 Å². The zero-order valence-electron chi connectivity index (χ0n) is 15.1. The molecule has 2 aromatic heterocycles. The Bertz CT molecular complexity index is 1140. The number of para-hydroxylation sites is 1. The van der Waals surface area contributed by atoms with Crippen molar-refractivity contribution >= 4 is 34.2 Å². The topological polar surface area (TPSA) is 69.0 Å². The number of anilines is 1. The molecular formula is C21H17ClN4O2. The minimum Gasteiger partial charge on any atom is -0.484 e. The first kappa shape index (κ1) is 18.0. The maximum Gasteiger partial charge on any atom is 0.263 e. The molecule has 0 aliphatic rings. The number of nitrogens with zero attached hydrogens (tertiary/aromatic N) is 3. The van der Waals surface area contributed by atoms with E-state index in [1.54, 1.807) is 35.0 Å². The zero-order chi connectivity index (χ0) is 19.5. The molecule has 4 aromatic rings. The number of aryl methyl sites for hydroxylation is 1. The highest BCUT2D eigenvalue weighted by atomic mass is 35.5. The van der Waals surface area contributed by atoms with Crippen LogP contribution in [0.5, 0.6) is 5.75 Å². The molecule has 0 bridgehead atoms. The van der Waals surface area contributed by atoms with Gasteiger partial charge in [-0.3, -0.25) is 4.79 Å². The molecule has 0 aliphatic carbocycles. The van der Waals surface area contributed by atoms with Crippen molar-refractivity contribution in [2.45, 2.75) is 6.92 Å². The molecule has 6 nitrogen and oxygen atoms in total. The van der Waals surface area contributed by atoms with E-state index in [4.69, 9.17) is 16.3 Å². The first-order valence-electron chi connectivity index (χ1n) is 8.69. The molecule has 0 radical (unpaired) electrons. The fraction of sp³-hybridized carbons (Fsp3) is 0.0952. The normalized spacial score (nSPS) is 10.8. The molecule has 4 rings (SSSR count). The van der Waals surface area contributed by atoms with E-state index in [9.17, 15) is 4.79 Å². The highest BCUT2D eigenvalue weighted by Gasteiger charge is 2.13. The Morgan fingerprint density at radius 2 is 1.89 bits per heavy atom. The summed E-state index contributed by atoms with van der Waals surface area (Å²) in [6, 6.07) is 20.3. The molecule has 0 fully saturated rings. The highest BCUT2D eigenvalue weighted by Crippen LogP contribution is 2.19. The standard InChI is InChI=1S/C21H17ClN4O2/c1-14-12-20(24-21(27)13-28-17-9-7-16(22)8-10-17)26(25-14)19-11-6-15-4-2-3-5-18(15)23-19/h2-12H,13H2,1H3,(H,24,27). The van der Waals surface area contributed by atoms with Crippen LogP contribution in [-0.4, -0.2) is 27.3 Å². The number of nitrogens with one attached hydrogen (secondary N) is 1. The van der Waals surface area contributed by atoms with Gasteiger partial charge in [0.1, 0.15) is 11.6 Å². The van der Waals surface area contributed by atoms with E-state index < -0.39 is 0 Å². The van der Waals surface area contributed by atoms with E-state index in [0.29, 0.717) is 22.4 Å². The SMILES string of the molecule is Cc1cc(NC(=O)COc2ccc(Cl)cc2)n(-c2ccc3ccccc3n2)n1. The molecule has 0 aliphatic heterocycles. The fourth-order valence-electron chi connectivity index (χ4n) is 2.80. The van der Waals surface area contributed by atoms with Crippen molar-refractivity contribution in [3.05, 3.63) is 77.4 Å². The summed E-state index contributed by atoms with van der Waals surface area (Å²) in [5.41, 5.74) is 1.63. The summed E-state index contributed by atoms with van der Waals surface area (Å²) in [7, 11) is 0. The predicted octanol–water partition coefficient (Wildman–Crippen LogP) is 4.40. The van der Waals surface area contributed by atoms with Gasteiger partial charge in [0.25, 0.3) is 5.91 Å². The number of hydrogen-bond donors (Lipinski definition) is 1. The van der Waals surface area contributed by atoms with E-state index in [0.717, 1.165) is 16.6 Å². The number of carbonyl (C=O) groups excluding carboxylic acids is 1. The number of ether oxygens (including phenoxy) is 1. The predicted molar refractivity (Wildman–Crippen MR) is 109 cm³/mol. The minimum atomic E-state index is -0.295.